The molecule has 0 aliphatic carbocycles. The van der Waals surface area contributed by atoms with Gasteiger partial charge in [-0.15, -0.1) is 6.58 Å². The van der Waals surface area contributed by atoms with Gasteiger partial charge in [0, 0.05) is 12.2 Å². The monoisotopic (exact) mass is 325 g/mol. The maximum absolute atomic E-state index is 12.4. The minimum atomic E-state index is -0.740. The van der Waals surface area contributed by atoms with Crippen LogP contribution in [0.2, 0.25) is 0 Å². The normalized spacial score (nSPS) is 10.0. The van der Waals surface area contributed by atoms with Crippen molar-refractivity contribution >= 4 is 17.6 Å². The molecule has 0 unspecified atom stereocenters. The Balaban J connectivity index is 2.06. The Morgan fingerprint density at radius 2 is 1.88 bits per heavy atom. The third-order valence-electron chi connectivity index (χ3n) is 3.47. The summed E-state index contributed by atoms with van der Waals surface area (Å²) in [5.41, 5.74) is 1.29. The molecular formula is C19H19NO4. The molecule has 2 aromatic carbocycles. The van der Waals surface area contributed by atoms with E-state index in [0.29, 0.717) is 17.8 Å². The number of ether oxygens (including phenoxy) is 1. The van der Waals surface area contributed by atoms with Crippen LogP contribution in [0.15, 0.2) is 61.2 Å². The first-order valence-corrected chi connectivity index (χ1v) is 7.46. The highest BCUT2D eigenvalue weighted by atomic mass is 16.5. The summed E-state index contributed by atoms with van der Waals surface area (Å²) in [6, 6.07) is 13.8. The molecule has 0 aromatic heterocycles. The molecule has 0 aliphatic rings. The molecule has 0 atom stereocenters. The summed E-state index contributed by atoms with van der Waals surface area (Å²) >= 11 is 0. The molecule has 0 saturated heterocycles. The largest absolute Gasteiger partial charge is 0.507 e. The van der Waals surface area contributed by atoms with E-state index in [-0.39, 0.29) is 17.2 Å². The predicted molar refractivity (Wildman–Crippen MR) is 92.1 cm³/mol. The van der Waals surface area contributed by atoms with Crippen LogP contribution in [0.3, 0.4) is 0 Å². The maximum Gasteiger partial charge on any atom is 0.342 e. The first-order valence-electron chi connectivity index (χ1n) is 7.46. The van der Waals surface area contributed by atoms with Gasteiger partial charge in [0.05, 0.1) is 0 Å². The number of aryl methyl sites for hydroxylation is 1. The Bertz CT molecular complexity index is 740. The van der Waals surface area contributed by atoms with Gasteiger partial charge in [-0.2, -0.15) is 0 Å². The summed E-state index contributed by atoms with van der Waals surface area (Å²) in [7, 11) is 0. The number of anilines is 1. The Hall–Kier alpha value is -3.08. The highest BCUT2D eigenvalue weighted by Gasteiger charge is 2.19. The second-order valence-corrected chi connectivity index (χ2v) is 5.18. The average Bonchev–Trinajstić information content (AvgIpc) is 2.60. The van der Waals surface area contributed by atoms with E-state index in [1.807, 2.05) is 18.2 Å². The molecule has 0 heterocycles. The molecule has 0 bridgehead atoms. The van der Waals surface area contributed by atoms with Crippen LogP contribution in [-0.2, 0) is 9.53 Å². The molecule has 1 N–H and O–H groups in total. The lowest BCUT2D eigenvalue weighted by Crippen LogP contribution is -2.34. The van der Waals surface area contributed by atoms with E-state index >= 15 is 0 Å². The van der Waals surface area contributed by atoms with Crippen molar-refractivity contribution in [3.63, 3.8) is 0 Å². The molecular weight excluding hydrogens is 306 g/mol. The van der Waals surface area contributed by atoms with Gasteiger partial charge in [0.15, 0.2) is 6.61 Å². The van der Waals surface area contributed by atoms with Gasteiger partial charge >= 0.3 is 5.97 Å². The number of phenolic OH excluding ortho intramolecular Hbond substituents is 1. The summed E-state index contributed by atoms with van der Waals surface area (Å²) in [5, 5.41) is 9.90. The molecule has 5 heteroatoms. The third kappa shape index (κ3) is 4.01. The molecule has 1 amide bonds. The van der Waals surface area contributed by atoms with Gasteiger partial charge in [0.1, 0.15) is 11.3 Å². The van der Waals surface area contributed by atoms with Crippen LogP contribution >= 0.6 is 0 Å². The molecule has 124 valence electrons. The van der Waals surface area contributed by atoms with Crippen LogP contribution in [0, 0.1) is 6.92 Å². The summed E-state index contributed by atoms with van der Waals surface area (Å²) in [6.45, 7) is 5.20. The van der Waals surface area contributed by atoms with E-state index in [1.54, 1.807) is 37.3 Å². The minimum absolute atomic E-state index is 0.0396. The van der Waals surface area contributed by atoms with Crippen LogP contribution in [0.1, 0.15) is 15.9 Å². The first kappa shape index (κ1) is 17.3. The number of nitrogens with zero attached hydrogens (tertiary/aromatic N) is 1. The van der Waals surface area contributed by atoms with Gasteiger partial charge in [0.2, 0.25) is 0 Å². The number of hydrogen-bond acceptors (Lipinski definition) is 4. The number of rotatable bonds is 6. The number of carbonyl (C=O) groups is 2. The van der Waals surface area contributed by atoms with Crippen molar-refractivity contribution in [2.24, 2.45) is 0 Å². The summed E-state index contributed by atoms with van der Waals surface area (Å²) in [6.07, 6.45) is 1.60. The zero-order valence-corrected chi connectivity index (χ0v) is 13.4. The molecule has 0 fully saturated rings. The average molecular weight is 325 g/mol. The zero-order valence-electron chi connectivity index (χ0n) is 13.4. The Kier molecular flexibility index (Phi) is 5.73. The van der Waals surface area contributed by atoms with Crippen molar-refractivity contribution < 1.29 is 19.4 Å². The fourth-order valence-corrected chi connectivity index (χ4v) is 2.19. The van der Waals surface area contributed by atoms with Crippen molar-refractivity contribution in [2.45, 2.75) is 6.92 Å². The summed E-state index contributed by atoms with van der Waals surface area (Å²) in [4.78, 5) is 25.9. The van der Waals surface area contributed by atoms with Crippen LogP contribution < -0.4 is 4.90 Å². The number of benzene rings is 2. The minimum Gasteiger partial charge on any atom is -0.507 e. The molecule has 24 heavy (non-hydrogen) atoms. The van der Waals surface area contributed by atoms with E-state index < -0.39 is 12.6 Å². The van der Waals surface area contributed by atoms with Crippen LogP contribution in [0.5, 0.6) is 5.75 Å². The van der Waals surface area contributed by atoms with Gasteiger partial charge in [-0.05, 0) is 30.7 Å². The van der Waals surface area contributed by atoms with Gasteiger partial charge in [-0.3, -0.25) is 4.79 Å². The quantitative estimate of drug-likeness (QED) is 0.655. The Morgan fingerprint density at radius 3 is 2.54 bits per heavy atom. The van der Waals surface area contributed by atoms with Crippen molar-refractivity contribution in [3.05, 3.63) is 72.3 Å². The molecule has 5 nitrogen and oxygen atoms in total. The van der Waals surface area contributed by atoms with Crippen molar-refractivity contribution in [1.82, 2.24) is 0 Å². The van der Waals surface area contributed by atoms with Gasteiger partial charge in [-0.25, -0.2) is 4.79 Å². The topological polar surface area (TPSA) is 66.8 Å². The van der Waals surface area contributed by atoms with Crippen molar-refractivity contribution in [2.75, 3.05) is 18.1 Å². The van der Waals surface area contributed by atoms with E-state index in [2.05, 4.69) is 6.58 Å². The molecule has 0 aliphatic heterocycles. The lowest BCUT2D eigenvalue weighted by Gasteiger charge is -2.21. The number of para-hydroxylation sites is 2. The lowest BCUT2D eigenvalue weighted by atomic mass is 10.1. The fourth-order valence-electron chi connectivity index (χ4n) is 2.19. The zero-order chi connectivity index (χ0) is 17.5. The predicted octanol–water partition coefficient (Wildman–Crippen LogP) is 3.08. The first-order chi connectivity index (χ1) is 11.5. The van der Waals surface area contributed by atoms with Gasteiger partial charge < -0.3 is 14.7 Å². The van der Waals surface area contributed by atoms with Gasteiger partial charge in [-0.1, -0.05) is 36.4 Å². The molecule has 0 saturated carbocycles. The second-order valence-electron chi connectivity index (χ2n) is 5.18. The molecule has 0 spiro atoms. The van der Waals surface area contributed by atoms with E-state index in [0.717, 1.165) is 0 Å². The Morgan fingerprint density at radius 1 is 1.17 bits per heavy atom. The summed E-state index contributed by atoms with van der Waals surface area (Å²) in [5.74, 6) is -1.25. The van der Waals surface area contributed by atoms with Crippen LogP contribution in [0.25, 0.3) is 0 Å². The highest BCUT2D eigenvalue weighted by molar-refractivity contribution is 5.98. The number of esters is 1. The van der Waals surface area contributed by atoms with Crippen molar-refractivity contribution in [3.8, 4) is 5.75 Å². The smallest absolute Gasteiger partial charge is 0.342 e. The van der Waals surface area contributed by atoms with E-state index in [9.17, 15) is 14.7 Å². The number of amides is 1. The SMILES string of the molecule is C=CCN(C(=O)COC(=O)c1cccc(C)c1O)c1ccccc1. The fraction of sp³-hybridized carbons (Fsp3) is 0.158. The number of phenols is 1. The Labute approximate surface area is 140 Å². The molecule has 2 aromatic rings. The van der Waals surface area contributed by atoms with Crippen LogP contribution in [0.4, 0.5) is 5.69 Å². The number of hydrogen-bond donors (Lipinski definition) is 1. The molecule has 0 radical (unpaired) electrons. The highest BCUT2D eigenvalue weighted by Crippen LogP contribution is 2.22. The van der Waals surface area contributed by atoms with Crippen molar-refractivity contribution in [1.29, 1.82) is 0 Å². The second kappa shape index (κ2) is 7.97. The van der Waals surface area contributed by atoms with Gasteiger partial charge in [0.25, 0.3) is 5.91 Å². The standard InChI is InChI=1S/C19H19NO4/c1-3-12-20(15-9-5-4-6-10-15)17(21)13-24-19(23)16-11-7-8-14(2)18(16)22/h3-11,22H,1,12-13H2,2H3. The van der Waals surface area contributed by atoms with E-state index in [1.165, 1.54) is 11.0 Å². The third-order valence-corrected chi connectivity index (χ3v) is 3.47. The maximum atomic E-state index is 12.4. The van der Waals surface area contributed by atoms with E-state index in [4.69, 9.17) is 4.74 Å². The number of aromatic hydroxyl groups is 1. The van der Waals surface area contributed by atoms with Crippen LogP contribution in [-0.4, -0.2) is 30.1 Å². The lowest BCUT2D eigenvalue weighted by molar-refractivity contribution is -0.121. The summed E-state index contributed by atoms with van der Waals surface area (Å²) < 4.78 is 5.05. The number of carbonyl (C=O) groups excluding carboxylic acids is 2. The molecule has 2 rings (SSSR count).